The van der Waals surface area contributed by atoms with Gasteiger partial charge in [-0.05, 0) is 55.3 Å². The fourth-order valence-corrected chi connectivity index (χ4v) is 3.84. The maximum Gasteiger partial charge on any atom is 0.229 e. The second kappa shape index (κ2) is 7.99. The van der Waals surface area contributed by atoms with Crippen LogP contribution in [0.5, 0.6) is 5.75 Å². The third kappa shape index (κ3) is 4.11. The minimum absolute atomic E-state index is 0.0379. The monoisotopic (exact) mass is 391 g/mol. The summed E-state index contributed by atoms with van der Waals surface area (Å²) in [6.45, 7) is 3.15. The number of hydrogen-bond donors (Lipinski definition) is 2. The van der Waals surface area contributed by atoms with E-state index in [9.17, 15) is 9.59 Å². The molecule has 1 fully saturated rings. The van der Waals surface area contributed by atoms with Gasteiger partial charge in [-0.15, -0.1) is 0 Å². The predicted molar refractivity (Wildman–Crippen MR) is 113 cm³/mol. The Labute approximate surface area is 169 Å². The van der Waals surface area contributed by atoms with Crippen molar-refractivity contribution in [3.63, 3.8) is 0 Å². The van der Waals surface area contributed by atoms with Crippen LogP contribution in [0.3, 0.4) is 0 Å². The average Bonchev–Trinajstić information content (AvgIpc) is 3.30. The van der Waals surface area contributed by atoms with Gasteiger partial charge in [0.2, 0.25) is 11.8 Å². The standard InChI is InChI=1S/C23H25N3O3/c1-15-3-8-21-20(11-15)16(13-24-21)9-10-26-14-17(12-22(26)27)23(28)25-18-4-6-19(29-2)7-5-18/h3-8,11,13,17,24H,9-10,12,14H2,1-2H3,(H,25,28). The van der Waals surface area contributed by atoms with E-state index in [2.05, 4.69) is 35.4 Å². The smallest absolute Gasteiger partial charge is 0.229 e. The van der Waals surface area contributed by atoms with Crippen LogP contribution in [0.4, 0.5) is 5.69 Å². The van der Waals surface area contributed by atoms with E-state index in [1.165, 1.54) is 16.5 Å². The molecular formula is C23H25N3O3. The summed E-state index contributed by atoms with van der Waals surface area (Å²) in [7, 11) is 1.60. The number of H-pyrrole nitrogens is 1. The Morgan fingerprint density at radius 1 is 1.24 bits per heavy atom. The van der Waals surface area contributed by atoms with Crippen LogP contribution in [-0.2, 0) is 16.0 Å². The summed E-state index contributed by atoms with van der Waals surface area (Å²) in [5.74, 6) is 0.331. The first kappa shape index (κ1) is 19.1. The van der Waals surface area contributed by atoms with Gasteiger partial charge in [0.05, 0.1) is 13.0 Å². The number of aryl methyl sites for hydroxylation is 1. The van der Waals surface area contributed by atoms with Crippen molar-refractivity contribution in [3.05, 3.63) is 59.8 Å². The lowest BCUT2D eigenvalue weighted by Crippen LogP contribution is -2.30. The first-order valence-corrected chi connectivity index (χ1v) is 9.83. The normalized spacial score (nSPS) is 16.4. The number of fused-ring (bicyclic) bond motifs is 1. The summed E-state index contributed by atoms with van der Waals surface area (Å²) >= 11 is 0. The van der Waals surface area contributed by atoms with Crippen LogP contribution >= 0.6 is 0 Å². The molecule has 1 unspecified atom stereocenters. The van der Waals surface area contributed by atoms with E-state index in [0.29, 0.717) is 18.8 Å². The van der Waals surface area contributed by atoms with Crippen LogP contribution < -0.4 is 10.1 Å². The van der Waals surface area contributed by atoms with E-state index < -0.39 is 0 Å². The summed E-state index contributed by atoms with van der Waals surface area (Å²) < 4.78 is 5.13. The lowest BCUT2D eigenvalue weighted by Gasteiger charge is -2.16. The number of ether oxygens (including phenoxy) is 1. The van der Waals surface area contributed by atoms with Gasteiger partial charge in [0, 0.05) is 42.3 Å². The van der Waals surface area contributed by atoms with E-state index >= 15 is 0 Å². The van der Waals surface area contributed by atoms with Gasteiger partial charge < -0.3 is 19.9 Å². The van der Waals surface area contributed by atoms with Crippen LogP contribution in [0.15, 0.2) is 48.7 Å². The van der Waals surface area contributed by atoms with Gasteiger partial charge in [0.1, 0.15) is 5.75 Å². The van der Waals surface area contributed by atoms with Crippen molar-refractivity contribution in [3.8, 4) is 5.75 Å². The number of likely N-dealkylation sites (tertiary alicyclic amines) is 1. The molecule has 6 heteroatoms. The third-order valence-electron chi connectivity index (χ3n) is 5.52. The SMILES string of the molecule is COc1ccc(NC(=O)C2CC(=O)N(CCc3c[nH]c4ccc(C)cc34)C2)cc1. The number of aromatic nitrogens is 1. The molecule has 4 rings (SSSR count). The zero-order valence-corrected chi connectivity index (χ0v) is 16.7. The summed E-state index contributed by atoms with van der Waals surface area (Å²) in [4.78, 5) is 30.1. The summed E-state index contributed by atoms with van der Waals surface area (Å²) in [6.07, 6.45) is 3.04. The largest absolute Gasteiger partial charge is 0.497 e. The van der Waals surface area contributed by atoms with E-state index in [-0.39, 0.29) is 24.2 Å². The van der Waals surface area contributed by atoms with E-state index in [1.54, 1.807) is 36.3 Å². The number of benzene rings is 2. The Kier molecular flexibility index (Phi) is 5.25. The molecule has 2 amide bonds. The van der Waals surface area contributed by atoms with E-state index in [0.717, 1.165) is 17.7 Å². The molecule has 0 radical (unpaired) electrons. The number of amides is 2. The van der Waals surface area contributed by atoms with Gasteiger partial charge >= 0.3 is 0 Å². The molecule has 2 heterocycles. The molecule has 3 aromatic rings. The zero-order chi connectivity index (χ0) is 20.4. The number of hydrogen-bond acceptors (Lipinski definition) is 3. The third-order valence-corrected chi connectivity index (χ3v) is 5.52. The maximum atomic E-state index is 12.6. The highest BCUT2D eigenvalue weighted by molar-refractivity contribution is 5.97. The number of methoxy groups -OCH3 is 1. The molecule has 1 atom stereocenters. The lowest BCUT2D eigenvalue weighted by atomic mass is 10.1. The van der Waals surface area contributed by atoms with Gasteiger partial charge in [-0.25, -0.2) is 0 Å². The second-order valence-electron chi connectivity index (χ2n) is 7.57. The molecule has 0 bridgehead atoms. The van der Waals surface area contributed by atoms with Gasteiger partial charge in [0.15, 0.2) is 0 Å². The first-order valence-electron chi connectivity index (χ1n) is 9.83. The first-order chi connectivity index (χ1) is 14.0. The topological polar surface area (TPSA) is 74.4 Å². The fraction of sp³-hybridized carbons (Fsp3) is 0.304. The highest BCUT2D eigenvalue weighted by Gasteiger charge is 2.34. The Bertz CT molecular complexity index is 1040. The molecule has 0 spiro atoms. The van der Waals surface area contributed by atoms with Crippen LogP contribution in [0.1, 0.15) is 17.5 Å². The molecule has 1 aliphatic heterocycles. The number of rotatable bonds is 6. The maximum absolute atomic E-state index is 12.6. The van der Waals surface area contributed by atoms with Crippen molar-refractivity contribution in [2.75, 3.05) is 25.5 Å². The molecule has 1 saturated heterocycles. The molecular weight excluding hydrogens is 366 g/mol. The molecule has 1 aromatic heterocycles. The lowest BCUT2D eigenvalue weighted by molar-refractivity contribution is -0.128. The molecule has 150 valence electrons. The molecule has 29 heavy (non-hydrogen) atoms. The van der Waals surface area contributed by atoms with Crippen molar-refractivity contribution in [1.82, 2.24) is 9.88 Å². The highest BCUT2D eigenvalue weighted by Crippen LogP contribution is 2.24. The quantitative estimate of drug-likeness (QED) is 0.675. The number of nitrogens with zero attached hydrogens (tertiary/aromatic N) is 1. The van der Waals surface area contributed by atoms with Crippen LogP contribution in [-0.4, -0.2) is 41.9 Å². The summed E-state index contributed by atoms with van der Waals surface area (Å²) in [5, 5.41) is 4.10. The molecule has 2 N–H and O–H groups in total. The van der Waals surface area contributed by atoms with Crippen LogP contribution in [0.2, 0.25) is 0 Å². The van der Waals surface area contributed by atoms with Gasteiger partial charge in [0.25, 0.3) is 0 Å². The predicted octanol–water partition coefficient (Wildman–Crippen LogP) is 3.51. The van der Waals surface area contributed by atoms with Crippen LogP contribution in [0, 0.1) is 12.8 Å². The van der Waals surface area contributed by atoms with Crippen LogP contribution in [0.25, 0.3) is 10.9 Å². The zero-order valence-electron chi connectivity index (χ0n) is 16.7. The van der Waals surface area contributed by atoms with Crippen molar-refractivity contribution in [2.24, 2.45) is 5.92 Å². The Hall–Kier alpha value is -3.28. The van der Waals surface area contributed by atoms with E-state index in [1.807, 2.05) is 6.20 Å². The van der Waals surface area contributed by atoms with E-state index in [4.69, 9.17) is 4.74 Å². The summed E-state index contributed by atoms with van der Waals surface area (Å²) in [5.41, 5.74) is 4.22. The van der Waals surface area contributed by atoms with Gasteiger partial charge in [-0.3, -0.25) is 9.59 Å². The molecule has 6 nitrogen and oxygen atoms in total. The van der Waals surface area contributed by atoms with Gasteiger partial charge in [-0.1, -0.05) is 11.6 Å². The molecule has 2 aromatic carbocycles. The van der Waals surface area contributed by atoms with Crippen molar-refractivity contribution >= 4 is 28.4 Å². The minimum Gasteiger partial charge on any atom is -0.497 e. The van der Waals surface area contributed by atoms with Crippen molar-refractivity contribution in [2.45, 2.75) is 19.8 Å². The minimum atomic E-state index is -0.324. The highest BCUT2D eigenvalue weighted by atomic mass is 16.5. The second-order valence-corrected chi connectivity index (χ2v) is 7.57. The number of carbonyl (C=O) groups is 2. The molecule has 0 aliphatic carbocycles. The van der Waals surface area contributed by atoms with Crippen molar-refractivity contribution < 1.29 is 14.3 Å². The molecule has 1 aliphatic rings. The Balaban J connectivity index is 1.35. The van der Waals surface area contributed by atoms with Gasteiger partial charge in [-0.2, -0.15) is 0 Å². The van der Waals surface area contributed by atoms with Crippen molar-refractivity contribution in [1.29, 1.82) is 0 Å². The molecule has 0 saturated carbocycles. The number of nitrogens with one attached hydrogen (secondary N) is 2. The Morgan fingerprint density at radius 3 is 2.79 bits per heavy atom. The number of anilines is 1. The number of carbonyl (C=O) groups excluding carboxylic acids is 2. The summed E-state index contributed by atoms with van der Waals surface area (Å²) in [6, 6.07) is 13.5. The Morgan fingerprint density at radius 2 is 2.03 bits per heavy atom. The number of aromatic amines is 1. The average molecular weight is 391 g/mol. The fourth-order valence-electron chi connectivity index (χ4n) is 3.84.